The highest BCUT2D eigenvalue weighted by Crippen LogP contribution is 2.45. The van der Waals surface area contributed by atoms with E-state index in [1.807, 2.05) is 0 Å². The SMILES string of the molecule is CC/C=C\C/C=C\C/C=C\C/C=C\CCCCCCCCC(=O)OCC(COP(=O)(O)OCC(O)COP(=O)(O)OCC(COC(=O)CCCCCCC/C=C\C/C=C\CCC)OC(=O)CCCCCCC/C=C\C/C=C\CCC)OC(=O)CCCCCCC/C=C\CCCCCCCC. The van der Waals surface area contributed by atoms with E-state index in [1.165, 1.54) is 38.5 Å². The van der Waals surface area contributed by atoms with Gasteiger partial charge >= 0.3 is 39.5 Å². The van der Waals surface area contributed by atoms with Gasteiger partial charge in [-0.2, -0.15) is 0 Å². The van der Waals surface area contributed by atoms with Gasteiger partial charge in [-0.15, -0.1) is 0 Å². The van der Waals surface area contributed by atoms with Crippen LogP contribution in [0.4, 0.5) is 0 Å². The topological polar surface area (TPSA) is 237 Å². The number of aliphatic hydroxyl groups is 1. The molecule has 0 radical (unpaired) electrons. The van der Waals surface area contributed by atoms with Gasteiger partial charge in [-0.1, -0.05) is 265 Å². The average molecular weight is 1450 g/mol. The van der Waals surface area contributed by atoms with E-state index in [2.05, 4.69) is 137 Å². The number of carbonyl (C=O) groups is 4. The summed E-state index contributed by atoms with van der Waals surface area (Å²) < 4.78 is 68.5. The van der Waals surface area contributed by atoms with Crippen LogP contribution in [0.3, 0.4) is 0 Å². The lowest BCUT2D eigenvalue weighted by Crippen LogP contribution is -2.30. The van der Waals surface area contributed by atoms with E-state index >= 15 is 0 Å². The van der Waals surface area contributed by atoms with Crippen LogP contribution in [0.25, 0.3) is 0 Å². The molecule has 0 saturated heterocycles. The summed E-state index contributed by atoms with van der Waals surface area (Å²) in [5.74, 6) is -2.22. The van der Waals surface area contributed by atoms with Crippen LogP contribution in [0.5, 0.6) is 0 Å². The number of phosphoric acid groups is 2. The normalized spacial score (nSPS) is 14.5. The van der Waals surface area contributed by atoms with Crippen molar-refractivity contribution in [1.29, 1.82) is 0 Å². The van der Waals surface area contributed by atoms with Crippen LogP contribution in [0.1, 0.15) is 323 Å². The van der Waals surface area contributed by atoms with E-state index in [0.29, 0.717) is 25.7 Å². The maximum absolute atomic E-state index is 13.1. The number of esters is 4. The first kappa shape index (κ1) is 95.7. The second-order valence-corrected chi connectivity index (χ2v) is 28.8. The number of carbonyl (C=O) groups excluding carboxylic acids is 4. The van der Waals surface area contributed by atoms with Gasteiger partial charge in [-0.3, -0.25) is 37.3 Å². The molecule has 0 spiro atoms. The van der Waals surface area contributed by atoms with Gasteiger partial charge in [0, 0.05) is 25.7 Å². The lowest BCUT2D eigenvalue weighted by molar-refractivity contribution is -0.161. The number of rotatable bonds is 73. The fourth-order valence-corrected chi connectivity index (χ4v) is 11.8. The number of hydrogen-bond donors (Lipinski definition) is 3. The summed E-state index contributed by atoms with van der Waals surface area (Å²) in [7, 11) is -9.96. The first-order valence-electron chi connectivity index (χ1n) is 39.1. The minimum Gasteiger partial charge on any atom is -0.462 e. The van der Waals surface area contributed by atoms with E-state index in [0.717, 1.165) is 205 Å². The Bertz CT molecular complexity index is 2320. The third-order valence-corrected chi connectivity index (χ3v) is 18.1. The zero-order chi connectivity index (χ0) is 73.2. The summed E-state index contributed by atoms with van der Waals surface area (Å²) in [5, 5.41) is 10.6. The summed E-state index contributed by atoms with van der Waals surface area (Å²) in [6.07, 6.45) is 77.8. The average Bonchev–Trinajstić information content (AvgIpc) is 0.946. The molecule has 576 valence electrons. The number of hydrogen-bond acceptors (Lipinski definition) is 15. The van der Waals surface area contributed by atoms with Crippen molar-refractivity contribution >= 4 is 39.5 Å². The van der Waals surface area contributed by atoms with E-state index in [9.17, 15) is 43.2 Å². The molecule has 0 aliphatic carbocycles. The summed E-state index contributed by atoms with van der Waals surface area (Å²) in [4.78, 5) is 72.9. The first-order chi connectivity index (χ1) is 48.7. The fraction of sp³-hybridized carbons (Fsp3) is 0.728. The lowest BCUT2D eigenvalue weighted by Gasteiger charge is -2.21. The Kier molecular flexibility index (Phi) is 69.9. The van der Waals surface area contributed by atoms with Gasteiger partial charge in [0.1, 0.15) is 19.3 Å². The molecule has 0 aromatic rings. The Hall–Kier alpha value is -4.28. The highest BCUT2D eigenvalue weighted by Gasteiger charge is 2.30. The molecule has 0 aromatic carbocycles. The smallest absolute Gasteiger partial charge is 0.462 e. The molecular formula is C81H140O17P2. The Morgan fingerprint density at radius 1 is 0.290 bits per heavy atom. The number of aliphatic hydroxyl groups excluding tert-OH is 1. The minimum absolute atomic E-state index is 0.0748. The van der Waals surface area contributed by atoms with E-state index in [1.54, 1.807) is 0 Å². The molecule has 5 unspecified atom stereocenters. The second kappa shape index (κ2) is 73.0. The molecule has 3 N–H and O–H groups in total. The summed E-state index contributed by atoms with van der Waals surface area (Å²) in [6, 6.07) is 0. The molecule has 100 heavy (non-hydrogen) atoms. The van der Waals surface area contributed by atoms with Crippen molar-refractivity contribution in [1.82, 2.24) is 0 Å². The Morgan fingerprint density at radius 2 is 0.540 bits per heavy atom. The summed E-state index contributed by atoms with van der Waals surface area (Å²) in [5.41, 5.74) is 0. The summed E-state index contributed by atoms with van der Waals surface area (Å²) in [6.45, 7) is 4.59. The van der Waals surface area contributed by atoms with Crippen molar-refractivity contribution in [3.05, 3.63) is 109 Å². The molecule has 0 saturated carbocycles. The van der Waals surface area contributed by atoms with Gasteiger partial charge in [0.25, 0.3) is 0 Å². The van der Waals surface area contributed by atoms with Crippen LogP contribution >= 0.6 is 15.6 Å². The molecule has 0 aliphatic rings. The molecule has 0 bridgehead atoms. The fourth-order valence-electron chi connectivity index (χ4n) is 10.2. The predicted molar refractivity (Wildman–Crippen MR) is 408 cm³/mol. The van der Waals surface area contributed by atoms with Crippen LogP contribution in [0.15, 0.2) is 109 Å². The zero-order valence-corrected chi connectivity index (χ0v) is 64.6. The maximum Gasteiger partial charge on any atom is 0.472 e. The van der Waals surface area contributed by atoms with Gasteiger partial charge in [-0.25, -0.2) is 9.13 Å². The molecule has 0 rings (SSSR count). The molecule has 5 atom stereocenters. The molecular weight excluding hydrogens is 1310 g/mol. The van der Waals surface area contributed by atoms with Crippen molar-refractivity contribution in [3.63, 3.8) is 0 Å². The molecule has 17 nitrogen and oxygen atoms in total. The quantitative estimate of drug-likeness (QED) is 0.0169. The van der Waals surface area contributed by atoms with Crippen molar-refractivity contribution < 1.29 is 80.2 Å². The van der Waals surface area contributed by atoms with Crippen LogP contribution in [0, 0.1) is 0 Å². The van der Waals surface area contributed by atoms with E-state index < -0.39 is 97.5 Å². The van der Waals surface area contributed by atoms with Crippen molar-refractivity contribution in [2.24, 2.45) is 0 Å². The van der Waals surface area contributed by atoms with E-state index in [-0.39, 0.29) is 25.7 Å². The van der Waals surface area contributed by atoms with Gasteiger partial charge < -0.3 is 33.8 Å². The highest BCUT2D eigenvalue weighted by atomic mass is 31.2. The van der Waals surface area contributed by atoms with Gasteiger partial charge in [0.05, 0.1) is 26.4 Å². The molecule has 0 aliphatic heterocycles. The minimum atomic E-state index is -4.98. The van der Waals surface area contributed by atoms with Crippen LogP contribution in [-0.2, 0) is 65.4 Å². The van der Waals surface area contributed by atoms with Crippen molar-refractivity contribution in [2.45, 2.75) is 341 Å². The number of unbranched alkanes of at least 4 members (excludes halogenated alkanes) is 29. The summed E-state index contributed by atoms with van der Waals surface area (Å²) >= 11 is 0. The number of ether oxygens (including phenoxy) is 4. The van der Waals surface area contributed by atoms with Gasteiger partial charge in [0.15, 0.2) is 12.2 Å². The second-order valence-electron chi connectivity index (χ2n) is 25.9. The molecule has 0 aromatic heterocycles. The van der Waals surface area contributed by atoms with Crippen LogP contribution < -0.4 is 0 Å². The number of allylic oxidation sites excluding steroid dienone is 18. The maximum atomic E-state index is 13.1. The molecule has 19 heteroatoms. The largest absolute Gasteiger partial charge is 0.472 e. The standard InChI is InChI=1S/C81H140O17P2/c1-5-9-13-17-21-25-29-33-35-36-37-38-40-43-46-50-54-58-62-66-79(84)92-72-77(98-81(86)68-64-60-56-52-48-44-39-34-30-26-22-18-14-10-6-2)74-96-100(89,90)94-70-75(82)69-93-99(87,88)95-73-76(97-80(85)67-63-59-55-51-47-42-32-28-24-20-16-12-8-4)71-91-78(83)65-61-57-53-49-45-41-31-27-23-19-15-11-7-3/h9,13,15-16,19-21,25,27-28,31-35,37-39,75-77,82H,5-8,10-12,14,17-18,22-24,26,29-30,36,40-74H2,1-4H3,(H,87,88)(H,89,90)/b13-9-,19-15-,20-16-,25-21-,31-27-,32-28-,35-33-,38-37-,39-34-. The van der Waals surface area contributed by atoms with Gasteiger partial charge in [0.2, 0.25) is 0 Å². The first-order valence-corrected chi connectivity index (χ1v) is 42.1. The zero-order valence-electron chi connectivity index (χ0n) is 62.8. The monoisotopic (exact) mass is 1450 g/mol. The Labute approximate surface area is 607 Å². The van der Waals surface area contributed by atoms with Gasteiger partial charge in [-0.05, 0) is 141 Å². The Balaban J connectivity index is 5.36. The predicted octanol–water partition coefficient (Wildman–Crippen LogP) is 22.6. The Morgan fingerprint density at radius 3 is 0.850 bits per heavy atom. The van der Waals surface area contributed by atoms with Crippen LogP contribution in [0.2, 0.25) is 0 Å². The molecule has 0 heterocycles. The van der Waals surface area contributed by atoms with Crippen molar-refractivity contribution in [2.75, 3.05) is 39.6 Å². The third-order valence-electron chi connectivity index (χ3n) is 16.2. The third kappa shape index (κ3) is 72.1. The van der Waals surface area contributed by atoms with Crippen LogP contribution in [-0.4, -0.2) is 96.7 Å². The molecule has 0 amide bonds. The lowest BCUT2D eigenvalue weighted by atomic mass is 10.1. The van der Waals surface area contributed by atoms with Crippen molar-refractivity contribution in [3.8, 4) is 0 Å². The number of phosphoric ester groups is 2. The van der Waals surface area contributed by atoms with E-state index in [4.69, 9.17) is 37.0 Å². The highest BCUT2D eigenvalue weighted by molar-refractivity contribution is 7.47. The molecule has 0 fully saturated rings.